The molecule has 0 aliphatic carbocycles. The van der Waals surface area contributed by atoms with E-state index in [0.29, 0.717) is 0 Å². The van der Waals surface area contributed by atoms with Gasteiger partial charge in [0.1, 0.15) is 0 Å². The highest BCUT2D eigenvalue weighted by Gasteiger charge is 2.16. The van der Waals surface area contributed by atoms with Crippen LogP contribution in [0, 0.1) is 5.41 Å². The Labute approximate surface area is 121 Å². The van der Waals surface area contributed by atoms with Gasteiger partial charge in [0, 0.05) is 37.5 Å². The molecule has 0 saturated heterocycles. The maximum absolute atomic E-state index is 8.91. The Morgan fingerprint density at radius 2 is 2.05 bits per heavy atom. The third-order valence-electron chi connectivity index (χ3n) is 3.65. The minimum absolute atomic E-state index is 0.226. The van der Waals surface area contributed by atoms with Crippen LogP contribution in [0.5, 0.6) is 0 Å². The topological polar surface area (TPSA) is 45.1 Å². The second-order valence-electron chi connectivity index (χ2n) is 6.15. The molecule has 3 heteroatoms. The molecule has 2 N–H and O–H groups in total. The van der Waals surface area contributed by atoms with Crippen molar-refractivity contribution in [1.29, 1.82) is 0 Å². The zero-order chi connectivity index (χ0) is 14.4. The van der Waals surface area contributed by atoms with Crippen LogP contribution in [0.2, 0.25) is 0 Å². The smallest absolute Gasteiger partial charge is 0.0431 e. The Bertz CT molecular complexity index is 551. The van der Waals surface area contributed by atoms with Gasteiger partial charge in [-0.05, 0) is 41.3 Å². The Morgan fingerprint density at radius 3 is 2.85 bits per heavy atom. The van der Waals surface area contributed by atoms with Crippen molar-refractivity contribution < 1.29 is 5.11 Å². The minimum Gasteiger partial charge on any atom is -0.396 e. The highest BCUT2D eigenvalue weighted by molar-refractivity contribution is 5.81. The van der Waals surface area contributed by atoms with Crippen molar-refractivity contribution >= 4 is 10.8 Å². The summed E-state index contributed by atoms with van der Waals surface area (Å²) in [6.45, 7) is 6.59. The van der Waals surface area contributed by atoms with E-state index in [1.807, 2.05) is 18.5 Å². The van der Waals surface area contributed by atoms with Crippen LogP contribution in [-0.2, 0) is 6.54 Å². The number of hydrogen-bond donors (Lipinski definition) is 2. The number of hydrogen-bond acceptors (Lipinski definition) is 3. The second-order valence-corrected chi connectivity index (χ2v) is 6.15. The number of rotatable bonds is 7. The summed E-state index contributed by atoms with van der Waals surface area (Å²) in [5, 5.41) is 14.8. The van der Waals surface area contributed by atoms with Crippen molar-refractivity contribution in [3.8, 4) is 0 Å². The van der Waals surface area contributed by atoms with Gasteiger partial charge < -0.3 is 10.4 Å². The fourth-order valence-corrected chi connectivity index (χ4v) is 2.43. The molecule has 0 aliphatic rings. The lowest BCUT2D eigenvalue weighted by Crippen LogP contribution is -2.29. The van der Waals surface area contributed by atoms with Crippen molar-refractivity contribution in [2.24, 2.45) is 5.41 Å². The minimum atomic E-state index is 0.226. The first-order valence-electron chi connectivity index (χ1n) is 7.25. The molecule has 0 atom stereocenters. The molecule has 0 amide bonds. The Hall–Kier alpha value is -1.45. The van der Waals surface area contributed by atoms with Crippen LogP contribution < -0.4 is 5.32 Å². The third-order valence-corrected chi connectivity index (χ3v) is 3.65. The number of aliphatic hydroxyl groups is 1. The summed E-state index contributed by atoms with van der Waals surface area (Å²) in [4.78, 5) is 4.13. The number of aromatic nitrogens is 1. The van der Waals surface area contributed by atoms with E-state index >= 15 is 0 Å². The van der Waals surface area contributed by atoms with Crippen LogP contribution in [0.25, 0.3) is 10.8 Å². The first-order chi connectivity index (χ1) is 9.61. The Kier molecular flexibility index (Phi) is 5.10. The summed E-state index contributed by atoms with van der Waals surface area (Å²) < 4.78 is 0. The molecule has 20 heavy (non-hydrogen) atoms. The molecule has 0 bridgehead atoms. The monoisotopic (exact) mass is 272 g/mol. The summed E-state index contributed by atoms with van der Waals surface area (Å²) in [5.41, 5.74) is 1.52. The van der Waals surface area contributed by atoms with Gasteiger partial charge in [-0.1, -0.05) is 26.0 Å². The summed E-state index contributed by atoms with van der Waals surface area (Å²) in [6, 6.07) is 8.53. The lowest BCUT2D eigenvalue weighted by Gasteiger charge is -2.24. The summed E-state index contributed by atoms with van der Waals surface area (Å²) in [5.74, 6) is 0. The van der Waals surface area contributed by atoms with E-state index in [0.717, 1.165) is 25.9 Å². The van der Waals surface area contributed by atoms with E-state index in [4.69, 9.17) is 5.11 Å². The van der Waals surface area contributed by atoms with E-state index in [2.05, 4.69) is 42.3 Å². The first kappa shape index (κ1) is 14.9. The van der Waals surface area contributed by atoms with E-state index in [1.165, 1.54) is 16.3 Å². The molecule has 3 nitrogen and oxygen atoms in total. The van der Waals surface area contributed by atoms with Crippen LogP contribution in [0.15, 0.2) is 36.7 Å². The molecule has 108 valence electrons. The number of fused-ring (bicyclic) bond motifs is 1. The highest BCUT2D eigenvalue weighted by atomic mass is 16.2. The van der Waals surface area contributed by atoms with Crippen molar-refractivity contribution in [3.63, 3.8) is 0 Å². The number of benzene rings is 1. The molecule has 2 aromatic rings. The molecule has 0 fully saturated rings. The number of nitrogens with zero attached hydrogens (tertiary/aromatic N) is 1. The molecule has 0 spiro atoms. The molecule has 0 unspecified atom stereocenters. The maximum Gasteiger partial charge on any atom is 0.0431 e. The van der Waals surface area contributed by atoms with Gasteiger partial charge in [-0.15, -0.1) is 0 Å². The molecule has 0 aliphatic heterocycles. The molecule has 1 aromatic carbocycles. The van der Waals surface area contributed by atoms with Crippen molar-refractivity contribution in [2.75, 3.05) is 13.2 Å². The zero-order valence-electron chi connectivity index (χ0n) is 12.4. The third kappa shape index (κ3) is 4.29. The van der Waals surface area contributed by atoms with Gasteiger partial charge >= 0.3 is 0 Å². The van der Waals surface area contributed by atoms with Crippen LogP contribution in [0.1, 0.15) is 32.3 Å². The Morgan fingerprint density at radius 1 is 1.20 bits per heavy atom. The molecule has 1 heterocycles. The van der Waals surface area contributed by atoms with Gasteiger partial charge in [-0.3, -0.25) is 4.98 Å². The van der Waals surface area contributed by atoms with Crippen LogP contribution in [0.4, 0.5) is 0 Å². The van der Waals surface area contributed by atoms with Crippen LogP contribution in [-0.4, -0.2) is 23.2 Å². The standard InChI is InChI=1S/C17H24N2O/c1-17(2,7-3-9-20)13-19-11-14-4-5-16-12-18-8-6-15(16)10-14/h4-6,8,10,12,19-20H,3,7,9,11,13H2,1-2H3. The van der Waals surface area contributed by atoms with E-state index in [1.54, 1.807) is 0 Å². The molecule has 0 saturated carbocycles. The number of nitrogens with one attached hydrogen (secondary N) is 1. The Balaban J connectivity index is 1.89. The molecule has 1 aromatic heterocycles. The molecule has 0 radical (unpaired) electrons. The lowest BCUT2D eigenvalue weighted by molar-refractivity contribution is 0.236. The van der Waals surface area contributed by atoms with Gasteiger partial charge in [0.2, 0.25) is 0 Å². The predicted molar refractivity (Wildman–Crippen MR) is 83.6 cm³/mol. The summed E-state index contributed by atoms with van der Waals surface area (Å²) in [7, 11) is 0. The van der Waals surface area contributed by atoms with Crippen molar-refractivity contribution in [3.05, 3.63) is 42.2 Å². The lowest BCUT2D eigenvalue weighted by atomic mass is 9.88. The normalized spacial score (nSPS) is 11.9. The second kappa shape index (κ2) is 6.82. The van der Waals surface area contributed by atoms with Crippen LogP contribution in [0.3, 0.4) is 0 Å². The predicted octanol–water partition coefficient (Wildman–Crippen LogP) is 3.12. The molecular weight excluding hydrogens is 248 g/mol. The first-order valence-corrected chi connectivity index (χ1v) is 7.25. The summed E-state index contributed by atoms with van der Waals surface area (Å²) >= 11 is 0. The zero-order valence-corrected chi connectivity index (χ0v) is 12.4. The van der Waals surface area contributed by atoms with Gasteiger partial charge in [0.15, 0.2) is 0 Å². The molecular formula is C17H24N2O. The van der Waals surface area contributed by atoms with Gasteiger partial charge in [0.05, 0.1) is 0 Å². The largest absolute Gasteiger partial charge is 0.396 e. The summed E-state index contributed by atoms with van der Waals surface area (Å²) in [6.07, 6.45) is 5.64. The van der Waals surface area contributed by atoms with Gasteiger partial charge in [-0.25, -0.2) is 0 Å². The average molecular weight is 272 g/mol. The average Bonchev–Trinajstić information content (AvgIpc) is 2.45. The van der Waals surface area contributed by atoms with Crippen molar-refractivity contribution in [2.45, 2.75) is 33.2 Å². The van der Waals surface area contributed by atoms with Gasteiger partial charge in [-0.2, -0.15) is 0 Å². The highest BCUT2D eigenvalue weighted by Crippen LogP contribution is 2.21. The van der Waals surface area contributed by atoms with Gasteiger partial charge in [0.25, 0.3) is 0 Å². The SMILES string of the molecule is CC(C)(CCCO)CNCc1ccc2cnccc2c1. The van der Waals surface area contributed by atoms with E-state index < -0.39 is 0 Å². The molecule has 2 rings (SSSR count). The van der Waals surface area contributed by atoms with Crippen LogP contribution >= 0.6 is 0 Å². The van der Waals surface area contributed by atoms with E-state index in [-0.39, 0.29) is 12.0 Å². The fraction of sp³-hybridized carbons (Fsp3) is 0.471. The van der Waals surface area contributed by atoms with Crippen molar-refractivity contribution in [1.82, 2.24) is 10.3 Å². The fourth-order valence-electron chi connectivity index (χ4n) is 2.43. The number of aliphatic hydroxyl groups excluding tert-OH is 1. The van der Waals surface area contributed by atoms with E-state index in [9.17, 15) is 0 Å². The number of pyridine rings is 1. The maximum atomic E-state index is 8.91. The quantitative estimate of drug-likeness (QED) is 0.814.